The van der Waals surface area contributed by atoms with Crippen molar-refractivity contribution in [2.75, 3.05) is 11.4 Å². The highest BCUT2D eigenvalue weighted by Gasteiger charge is 2.38. The van der Waals surface area contributed by atoms with Gasteiger partial charge in [-0.05, 0) is 28.1 Å². The fraction of sp³-hybridized carbons (Fsp3) is 0.273. The minimum atomic E-state index is -3.78. The molecule has 1 aliphatic rings. The maximum Gasteiger partial charge on any atom is 0.230 e. The van der Waals surface area contributed by atoms with Crippen molar-refractivity contribution in [3.8, 4) is 0 Å². The fourth-order valence-corrected chi connectivity index (χ4v) is 4.57. The molecule has 6 nitrogen and oxygen atoms in total. The highest BCUT2D eigenvalue weighted by atomic mass is 79.9. The van der Waals surface area contributed by atoms with Gasteiger partial charge in [0, 0.05) is 17.4 Å². The minimum Gasteiger partial charge on any atom is -0.287 e. The van der Waals surface area contributed by atoms with Crippen LogP contribution in [0.4, 0.5) is 9.52 Å². The van der Waals surface area contributed by atoms with Crippen molar-refractivity contribution >= 4 is 58.5 Å². The second-order valence-corrected chi connectivity index (χ2v) is 8.36. The summed E-state index contributed by atoms with van der Waals surface area (Å²) in [7, 11) is -3.78. The van der Waals surface area contributed by atoms with Crippen molar-refractivity contribution in [2.45, 2.75) is 11.7 Å². The van der Waals surface area contributed by atoms with Gasteiger partial charge < -0.3 is 0 Å². The van der Waals surface area contributed by atoms with Crippen LogP contribution in [0.2, 0.25) is 0 Å². The minimum absolute atomic E-state index is 0.0302. The normalized spacial score (nSPS) is 19.7. The van der Waals surface area contributed by atoms with Crippen molar-refractivity contribution in [3.05, 3.63) is 22.4 Å². The molecule has 1 atom stereocenters. The molecule has 112 valence electrons. The smallest absolute Gasteiger partial charge is 0.230 e. The van der Waals surface area contributed by atoms with Gasteiger partial charge in [0.2, 0.25) is 15.9 Å². The van der Waals surface area contributed by atoms with Gasteiger partial charge in [-0.25, -0.2) is 22.9 Å². The predicted molar refractivity (Wildman–Crippen MR) is 81.1 cm³/mol. The van der Waals surface area contributed by atoms with Crippen LogP contribution in [0.1, 0.15) is 6.42 Å². The van der Waals surface area contributed by atoms with Gasteiger partial charge in [-0.3, -0.25) is 9.69 Å². The van der Waals surface area contributed by atoms with E-state index in [2.05, 4.69) is 20.9 Å². The van der Waals surface area contributed by atoms with Crippen LogP contribution in [-0.4, -0.2) is 31.1 Å². The molecule has 1 unspecified atom stereocenters. The molecule has 0 saturated carbocycles. The first-order chi connectivity index (χ1) is 9.75. The van der Waals surface area contributed by atoms with E-state index in [0.717, 1.165) is 11.3 Å². The first kappa shape index (κ1) is 14.8. The number of nitrogens with two attached hydrogens (primary N) is 1. The highest BCUT2D eigenvalue weighted by molar-refractivity contribution is 9.10. The van der Waals surface area contributed by atoms with Gasteiger partial charge in [0.15, 0.2) is 5.13 Å². The number of hydrogen-bond donors (Lipinski definition) is 1. The average molecular weight is 394 g/mol. The topological polar surface area (TPSA) is 93.4 Å². The van der Waals surface area contributed by atoms with Crippen LogP contribution in [0.3, 0.4) is 0 Å². The van der Waals surface area contributed by atoms with Gasteiger partial charge in [-0.15, -0.1) is 0 Å². The van der Waals surface area contributed by atoms with Crippen LogP contribution in [0.5, 0.6) is 0 Å². The maximum absolute atomic E-state index is 13.4. The zero-order chi connectivity index (χ0) is 15.4. The van der Waals surface area contributed by atoms with E-state index >= 15 is 0 Å². The van der Waals surface area contributed by atoms with Crippen LogP contribution in [0, 0.1) is 5.82 Å². The number of hydrogen-bond acceptors (Lipinski definition) is 5. The van der Waals surface area contributed by atoms with E-state index in [1.165, 1.54) is 17.0 Å². The molecule has 2 N–H and O–H groups in total. The number of carbonyl (C=O) groups excluding carboxylic acids is 1. The molecule has 0 bridgehead atoms. The Kier molecular flexibility index (Phi) is 3.51. The van der Waals surface area contributed by atoms with Crippen molar-refractivity contribution < 1.29 is 17.6 Å². The van der Waals surface area contributed by atoms with Gasteiger partial charge in [0.05, 0.1) is 10.2 Å². The van der Waals surface area contributed by atoms with E-state index in [1.807, 2.05) is 0 Å². The molecule has 0 spiro atoms. The number of amides is 1. The number of nitrogens with zero attached hydrogens (tertiary/aromatic N) is 2. The molecule has 10 heteroatoms. The highest BCUT2D eigenvalue weighted by Crippen LogP contribution is 2.35. The molecule has 0 radical (unpaired) electrons. The van der Waals surface area contributed by atoms with E-state index in [4.69, 9.17) is 5.14 Å². The van der Waals surface area contributed by atoms with E-state index in [0.29, 0.717) is 19.8 Å². The van der Waals surface area contributed by atoms with E-state index < -0.39 is 21.1 Å². The summed E-state index contributed by atoms with van der Waals surface area (Å²) in [6.45, 7) is -0.0302. The Morgan fingerprint density at radius 3 is 2.81 bits per heavy atom. The van der Waals surface area contributed by atoms with Crippen LogP contribution in [-0.2, 0) is 14.8 Å². The molecule has 1 fully saturated rings. The third-order valence-corrected chi connectivity index (χ3v) is 6.06. The third-order valence-electron chi connectivity index (χ3n) is 3.19. The number of halogens is 2. The number of benzene rings is 1. The molecule has 0 aliphatic carbocycles. The Morgan fingerprint density at radius 1 is 1.48 bits per heavy atom. The quantitative estimate of drug-likeness (QED) is 0.837. The number of carbonyl (C=O) groups is 1. The molecule has 1 aromatic heterocycles. The molecule has 3 rings (SSSR count). The molecule has 2 aromatic rings. The van der Waals surface area contributed by atoms with Crippen LogP contribution >= 0.6 is 27.3 Å². The van der Waals surface area contributed by atoms with Crippen molar-refractivity contribution in [3.63, 3.8) is 0 Å². The number of rotatable bonds is 2. The van der Waals surface area contributed by atoms with Gasteiger partial charge >= 0.3 is 0 Å². The number of primary sulfonamides is 1. The van der Waals surface area contributed by atoms with Gasteiger partial charge in [-0.1, -0.05) is 11.3 Å². The predicted octanol–water partition coefficient (Wildman–Crippen LogP) is 1.59. The average Bonchev–Trinajstić information content (AvgIpc) is 2.91. The lowest BCUT2D eigenvalue weighted by atomic mass is 10.3. The van der Waals surface area contributed by atoms with E-state index in [9.17, 15) is 17.6 Å². The molecule has 1 amide bonds. The largest absolute Gasteiger partial charge is 0.287 e. The molecular formula is C11H9BrFN3O3S2. The molecule has 2 heterocycles. The molecular weight excluding hydrogens is 385 g/mol. The Balaban J connectivity index is 2.02. The van der Waals surface area contributed by atoms with Crippen molar-refractivity contribution in [2.24, 2.45) is 5.14 Å². The summed E-state index contributed by atoms with van der Waals surface area (Å²) >= 11 is 4.34. The summed E-state index contributed by atoms with van der Waals surface area (Å²) in [6.07, 6.45) is -0.162. The zero-order valence-corrected chi connectivity index (χ0v) is 13.6. The van der Waals surface area contributed by atoms with Crippen molar-refractivity contribution in [1.29, 1.82) is 0 Å². The van der Waals surface area contributed by atoms with Gasteiger partial charge in [-0.2, -0.15) is 0 Å². The molecule has 1 aliphatic heterocycles. The SMILES string of the molecule is NS(=O)(=O)C1CC(=O)N(c2nc3c(Br)cc(F)cc3s2)C1. The number of fused-ring (bicyclic) bond motifs is 1. The van der Waals surface area contributed by atoms with Crippen molar-refractivity contribution in [1.82, 2.24) is 4.98 Å². The second kappa shape index (κ2) is 4.97. The maximum atomic E-state index is 13.4. The summed E-state index contributed by atoms with van der Waals surface area (Å²) in [5.41, 5.74) is 0.531. The third kappa shape index (κ3) is 2.68. The Bertz CT molecular complexity index is 852. The number of sulfonamides is 1. The fourth-order valence-electron chi connectivity index (χ4n) is 2.14. The lowest BCUT2D eigenvalue weighted by Gasteiger charge is -2.11. The Hall–Kier alpha value is -1.10. The first-order valence-electron chi connectivity index (χ1n) is 5.83. The lowest BCUT2D eigenvalue weighted by Crippen LogP contribution is -2.32. The first-order valence-corrected chi connectivity index (χ1v) is 9.05. The number of thiazole rings is 1. The van der Waals surface area contributed by atoms with Crippen LogP contribution in [0.25, 0.3) is 10.2 Å². The lowest BCUT2D eigenvalue weighted by molar-refractivity contribution is -0.117. The number of anilines is 1. The van der Waals surface area contributed by atoms with Gasteiger partial charge in [0.25, 0.3) is 0 Å². The van der Waals surface area contributed by atoms with Crippen LogP contribution < -0.4 is 10.0 Å². The summed E-state index contributed by atoms with van der Waals surface area (Å²) in [5, 5.41) is 4.49. The summed E-state index contributed by atoms with van der Waals surface area (Å²) in [5.74, 6) is -0.774. The molecule has 1 saturated heterocycles. The molecule has 1 aromatic carbocycles. The van der Waals surface area contributed by atoms with E-state index in [-0.39, 0.29) is 18.9 Å². The molecule has 21 heavy (non-hydrogen) atoms. The van der Waals surface area contributed by atoms with Crippen LogP contribution in [0.15, 0.2) is 16.6 Å². The summed E-state index contributed by atoms with van der Waals surface area (Å²) < 4.78 is 37.1. The summed E-state index contributed by atoms with van der Waals surface area (Å²) in [6, 6.07) is 2.60. The summed E-state index contributed by atoms with van der Waals surface area (Å²) in [4.78, 5) is 17.5. The Morgan fingerprint density at radius 2 is 2.19 bits per heavy atom. The van der Waals surface area contributed by atoms with Gasteiger partial charge in [0.1, 0.15) is 11.1 Å². The second-order valence-electron chi connectivity index (χ2n) is 4.65. The van der Waals surface area contributed by atoms with E-state index in [1.54, 1.807) is 0 Å². The monoisotopic (exact) mass is 393 g/mol. The standard InChI is InChI=1S/C11H9BrFN3O3S2/c12-7-1-5(13)2-8-10(7)15-11(20-8)16-4-6(3-9(16)17)21(14,18)19/h1-2,6H,3-4H2,(H2,14,18,19). The zero-order valence-electron chi connectivity index (χ0n) is 10.4. The number of aromatic nitrogens is 1. The Labute approximate surface area is 131 Å².